The number of anilines is 1. The van der Waals surface area contributed by atoms with E-state index in [-0.39, 0.29) is 21.5 Å². The molecule has 1 aromatic rings. The molecule has 1 aliphatic heterocycles. The molecule has 140 valence electrons. The SMILES string of the molecule is C[N+](C)(C)[C@@H]1[C@@H](O)[C@@H](O)[C@@H](COC(=O)c2cc(N)ccc2O)O[C@@H]1O. The van der Waals surface area contributed by atoms with Crippen LogP contribution < -0.4 is 5.73 Å². The predicted octanol–water partition coefficient (Wildman–Crippen LogP) is -1.35. The number of nitrogen functional groups attached to an aromatic ring is 1. The van der Waals surface area contributed by atoms with Crippen LogP contribution in [-0.2, 0) is 9.47 Å². The van der Waals surface area contributed by atoms with Gasteiger partial charge in [0.15, 0.2) is 6.04 Å². The van der Waals surface area contributed by atoms with Crippen molar-refractivity contribution in [2.45, 2.75) is 30.6 Å². The van der Waals surface area contributed by atoms with Gasteiger partial charge in [-0.25, -0.2) is 4.79 Å². The van der Waals surface area contributed by atoms with E-state index >= 15 is 0 Å². The summed E-state index contributed by atoms with van der Waals surface area (Å²) in [6, 6.07) is 3.18. The number of phenolic OH excluding ortho intramolecular Hbond substituents is 1. The quantitative estimate of drug-likeness (QED) is 0.193. The fourth-order valence-electron chi connectivity index (χ4n) is 2.86. The summed E-state index contributed by atoms with van der Waals surface area (Å²) in [7, 11) is 5.24. The minimum absolute atomic E-state index is 0.129. The lowest BCUT2D eigenvalue weighted by molar-refractivity contribution is -0.909. The molecular formula is C16H25N2O7+. The summed E-state index contributed by atoms with van der Waals surface area (Å²) < 4.78 is 10.5. The molecule has 9 heteroatoms. The van der Waals surface area contributed by atoms with Gasteiger partial charge in [-0.05, 0) is 18.2 Å². The van der Waals surface area contributed by atoms with Crippen LogP contribution >= 0.6 is 0 Å². The predicted molar refractivity (Wildman–Crippen MR) is 87.5 cm³/mol. The van der Waals surface area contributed by atoms with Gasteiger partial charge in [-0.15, -0.1) is 0 Å². The maximum atomic E-state index is 12.1. The Morgan fingerprint density at radius 1 is 1.24 bits per heavy atom. The molecule has 0 saturated carbocycles. The van der Waals surface area contributed by atoms with Crippen molar-refractivity contribution in [1.29, 1.82) is 0 Å². The van der Waals surface area contributed by atoms with Gasteiger partial charge in [0, 0.05) is 5.69 Å². The van der Waals surface area contributed by atoms with Crippen molar-refractivity contribution in [3.8, 4) is 5.75 Å². The Morgan fingerprint density at radius 3 is 2.48 bits per heavy atom. The molecule has 1 aliphatic rings. The molecule has 0 amide bonds. The van der Waals surface area contributed by atoms with E-state index in [9.17, 15) is 25.2 Å². The Morgan fingerprint density at radius 2 is 1.88 bits per heavy atom. The number of hydrogen-bond donors (Lipinski definition) is 5. The molecule has 6 N–H and O–H groups in total. The van der Waals surface area contributed by atoms with Crippen molar-refractivity contribution in [2.75, 3.05) is 33.5 Å². The second-order valence-electron chi connectivity index (χ2n) is 7.03. The summed E-state index contributed by atoms with van der Waals surface area (Å²) in [6.07, 6.45) is -5.08. The highest BCUT2D eigenvalue weighted by atomic mass is 16.6. The molecule has 0 spiro atoms. The second kappa shape index (κ2) is 7.14. The zero-order chi connectivity index (χ0) is 18.9. The van der Waals surface area contributed by atoms with Crippen LogP contribution in [-0.4, -0.2) is 89.3 Å². The van der Waals surface area contributed by atoms with E-state index in [1.165, 1.54) is 18.2 Å². The van der Waals surface area contributed by atoms with Crippen LogP contribution in [0.3, 0.4) is 0 Å². The lowest BCUT2D eigenvalue weighted by Gasteiger charge is -2.46. The molecule has 25 heavy (non-hydrogen) atoms. The Kier molecular flexibility index (Phi) is 5.55. The molecule has 5 atom stereocenters. The average Bonchev–Trinajstić information content (AvgIpc) is 2.50. The normalized spacial score (nSPS) is 30.1. The number of hydrogen-bond acceptors (Lipinski definition) is 8. The smallest absolute Gasteiger partial charge is 0.342 e. The van der Waals surface area contributed by atoms with Gasteiger partial charge in [0.1, 0.15) is 36.2 Å². The molecule has 1 heterocycles. The number of aliphatic hydroxyl groups is 3. The van der Waals surface area contributed by atoms with E-state index in [0.717, 1.165) is 0 Å². The maximum absolute atomic E-state index is 12.1. The highest BCUT2D eigenvalue weighted by molar-refractivity contribution is 5.93. The number of carbonyl (C=O) groups excluding carboxylic acids is 1. The molecule has 0 aliphatic carbocycles. The van der Waals surface area contributed by atoms with Gasteiger partial charge in [-0.2, -0.15) is 0 Å². The van der Waals surface area contributed by atoms with Crippen molar-refractivity contribution in [3.05, 3.63) is 23.8 Å². The summed E-state index contributed by atoms with van der Waals surface area (Å²) in [5.74, 6) is -1.16. The molecule has 1 aromatic carbocycles. The number of aromatic hydroxyl groups is 1. The Bertz CT molecular complexity index is 631. The number of quaternary nitrogens is 1. The van der Waals surface area contributed by atoms with Crippen molar-refractivity contribution in [2.24, 2.45) is 0 Å². The largest absolute Gasteiger partial charge is 0.507 e. The van der Waals surface area contributed by atoms with Crippen LogP contribution in [0.5, 0.6) is 5.75 Å². The van der Waals surface area contributed by atoms with E-state index in [4.69, 9.17) is 15.2 Å². The standard InChI is InChI=1S/C16H24N2O7/c1-18(2,3)12-14(21)13(20)11(25-16(12)23)7-24-15(22)9-6-8(17)4-5-10(9)19/h4-6,11-14,16,20-21,23H,7,17H2,1-3H3/p+1/t11-,12-,13+,14-,16+/m1/s1. The number of phenols is 1. The summed E-state index contributed by atoms with van der Waals surface area (Å²) in [6.45, 7) is -0.410. The fraction of sp³-hybridized carbons (Fsp3) is 0.562. The lowest BCUT2D eigenvalue weighted by Crippen LogP contribution is -2.67. The average molecular weight is 357 g/mol. The first-order valence-electron chi connectivity index (χ1n) is 7.78. The molecular weight excluding hydrogens is 332 g/mol. The number of nitrogens with zero attached hydrogens (tertiary/aromatic N) is 1. The third-order valence-corrected chi connectivity index (χ3v) is 4.20. The van der Waals surface area contributed by atoms with Crippen molar-refractivity contribution in [1.82, 2.24) is 0 Å². The van der Waals surface area contributed by atoms with E-state index < -0.39 is 43.2 Å². The number of carbonyl (C=O) groups is 1. The highest BCUT2D eigenvalue weighted by Crippen LogP contribution is 2.26. The third kappa shape index (κ3) is 4.20. The Hall–Kier alpha value is -1.91. The first-order valence-corrected chi connectivity index (χ1v) is 7.78. The zero-order valence-corrected chi connectivity index (χ0v) is 14.4. The van der Waals surface area contributed by atoms with Crippen molar-refractivity contribution < 1.29 is 39.2 Å². The first kappa shape index (κ1) is 19.4. The highest BCUT2D eigenvalue weighted by Gasteiger charge is 2.50. The minimum Gasteiger partial charge on any atom is -0.507 e. The van der Waals surface area contributed by atoms with E-state index in [1.807, 2.05) is 0 Å². The van der Waals surface area contributed by atoms with Crippen LogP contribution in [0.25, 0.3) is 0 Å². The van der Waals surface area contributed by atoms with Crippen molar-refractivity contribution in [3.63, 3.8) is 0 Å². The maximum Gasteiger partial charge on any atom is 0.342 e. The monoisotopic (exact) mass is 357 g/mol. The molecule has 0 radical (unpaired) electrons. The molecule has 2 rings (SSSR count). The number of rotatable bonds is 4. The van der Waals surface area contributed by atoms with E-state index in [2.05, 4.69) is 0 Å². The van der Waals surface area contributed by atoms with Gasteiger partial charge in [0.25, 0.3) is 0 Å². The fourth-order valence-corrected chi connectivity index (χ4v) is 2.86. The van der Waals surface area contributed by atoms with E-state index in [1.54, 1.807) is 21.1 Å². The Balaban J connectivity index is 2.04. The number of likely N-dealkylation sites (N-methyl/N-ethyl adjacent to an activating group) is 1. The van der Waals surface area contributed by atoms with Crippen LogP contribution in [0.15, 0.2) is 18.2 Å². The summed E-state index contributed by atoms with van der Waals surface area (Å²) >= 11 is 0. The Labute approximate surface area is 145 Å². The summed E-state index contributed by atoms with van der Waals surface area (Å²) in [5, 5.41) is 40.3. The molecule has 1 saturated heterocycles. The van der Waals surface area contributed by atoms with Gasteiger partial charge >= 0.3 is 5.97 Å². The zero-order valence-electron chi connectivity index (χ0n) is 14.4. The summed E-state index contributed by atoms with van der Waals surface area (Å²) in [4.78, 5) is 12.1. The first-order chi connectivity index (χ1) is 11.5. The van der Waals surface area contributed by atoms with Crippen LogP contribution in [0, 0.1) is 0 Å². The van der Waals surface area contributed by atoms with Gasteiger partial charge in [-0.3, -0.25) is 0 Å². The molecule has 0 bridgehead atoms. The molecule has 1 fully saturated rings. The number of esters is 1. The van der Waals surface area contributed by atoms with Gasteiger partial charge in [0.05, 0.1) is 21.1 Å². The van der Waals surface area contributed by atoms with Crippen LogP contribution in [0.2, 0.25) is 0 Å². The van der Waals surface area contributed by atoms with Gasteiger partial charge in [0.2, 0.25) is 6.29 Å². The number of nitrogens with two attached hydrogens (primary N) is 1. The summed E-state index contributed by atoms with van der Waals surface area (Å²) in [5.41, 5.74) is 5.71. The third-order valence-electron chi connectivity index (χ3n) is 4.20. The number of aliphatic hydroxyl groups excluding tert-OH is 3. The van der Waals surface area contributed by atoms with Gasteiger partial charge in [-0.1, -0.05) is 0 Å². The molecule has 0 aromatic heterocycles. The number of benzene rings is 1. The van der Waals surface area contributed by atoms with Gasteiger partial charge < -0.3 is 40.1 Å². The van der Waals surface area contributed by atoms with Crippen LogP contribution in [0.1, 0.15) is 10.4 Å². The topological polar surface area (TPSA) is 142 Å². The van der Waals surface area contributed by atoms with E-state index in [0.29, 0.717) is 0 Å². The van der Waals surface area contributed by atoms with Crippen LogP contribution in [0.4, 0.5) is 5.69 Å². The molecule has 9 nitrogen and oxygen atoms in total. The lowest BCUT2D eigenvalue weighted by atomic mass is 9.95. The second-order valence-corrected chi connectivity index (χ2v) is 7.03. The minimum atomic E-state index is -1.35. The van der Waals surface area contributed by atoms with Crippen molar-refractivity contribution >= 4 is 11.7 Å². The molecule has 0 unspecified atom stereocenters. The number of ether oxygens (including phenoxy) is 2.